The van der Waals surface area contributed by atoms with Crippen LogP contribution in [0.3, 0.4) is 0 Å². The summed E-state index contributed by atoms with van der Waals surface area (Å²) in [5.74, 6) is 0.789. The van der Waals surface area contributed by atoms with Crippen molar-refractivity contribution in [1.29, 1.82) is 0 Å². The summed E-state index contributed by atoms with van der Waals surface area (Å²) in [5.41, 5.74) is 0. The molecule has 1 N–H and O–H groups in total. The summed E-state index contributed by atoms with van der Waals surface area (Å²) in [4.78, 5) is 2.46. The zero-order valence-corrected chi connectivity index (χ0v) is 9.00. The van der Waals surface area contributed by atoms with Gasteiger partial charge in [-0.3, -0.25) is 4.90 Å². The third-order valence-electron chi connectivity index (χ3n) is 3.04. The van der Waals surface area contributed by atoms with E-state index in [0.717, 1.165) is 5.92 Å². The highest BCUT2D eigenvalue weighted by Crippen LogP contribution is 2.19. The van der Waals surface area contributed by atoms with E-state index < -0.39 is 0 Å². The summed E-state index contributed by atoms with van der Waals surface area (Å²) in [7, 11) is 0. The molecular weight excluding hydrogens is 162 g/mol. The average molecular weight is 185 g/mol. The topological polar surface area (TPSA) is 23.5 Å². The molecule has 0 bridgehead atoms. The summed E-state index contributed by atoms with van der Waals surface area (Å²) >= 11 is 0. The van der Waals surface area contributed by atoms with Gasteiger partial charge in [0.25, 0.3) is 0 Å². The molecule has 0 aromatic heterocycles. The lowest BCUT2D eigenvalue weighted by Crippen LogP contribution is -2.35. The molecule has 78 valence electrons. The summed E-state index contributed by atoms with van der Waals surface area (Å²) in [6.07, 6.45) is 5.05. The van der Waals surface area contributed by atoms with Gasteiger partial charge in [0.2, 0.25) is 0 Å². The molecule has 2 atom stereocenters. The molecule has 1 unspecified atom stereocenters. The molecule has 1 aliphatic rings. The Morgan fingerprint density at radius 1 is 1.54 bits per heavy atom. The Morgan fingerprint density at radius 3 is 2.92 bits per heavy atom. The van der Waals surface area contributed by atoms with Crippen molar-refractivity contribution in [2.75, 3.05) is 19.7 Å². The SMILES string of the molecule is CCCC(C)CN1CCC[C@@H]1CO. The maximum Gasteiger partial charge on any atom is 0.0586 e. The van der Waals surface area contributed by atoms with E-state index in [2.05, 4.69) is 18.7 Å². The second-order valence-corrected chi connectivity index (χ2v) is 4.37. The Kier molecular flexibility index (Phi) is 4.74. The van der Waals surface area contributed by atoms with E-state index in [-0.39, 0.29) is 0 Å². The maximum atomic E-state index is 9.14. The fourth-order valence-electron chi connectivity index (χ4n) is 2.33. The molecule has 1 saturated heterocycles. The van der Waals surface area contributed by atoms with Crippen molar-refractivity contribution >= 4 is 0 Å². The second-order valence-electron chi connectivity index (χ2n) is 4.37. The highest BCUT2D eigenvalue weighted by atomic mass is 16.3. The van der Waals surface area contributed by atoms with Crippen LogP contribution < -0.4 is 0 Å². The van der Waals surface area contributed by atoms with Gasteiger partial charge in [-0.25, -0.2) is 0 Å². The molecule has 1 fully saturated rings. The molecular formula is C11H23NO. The van der Waals surface area contributed by atoms with Gasteiger partial charge in [0.15, 0.2) is 0 Å². The van der Waals surface area contributed by atoms with Gasteiger partial charge >= 0.3 is 0 Å². The van der Waals surface area contributed by atoms with Gasteiger partial charge in [0.05, 0.1) is 6.61 Å². The number of nitrogens with zero attached hydrogens (tertiary/aromatic N) is 1. The van der Waals surface area contributed by atoms with Gasteiger partial charge < -0.3 is 5.11 Å². The molecule has 0 saturated carbocycles. The van der Waals surface area contributed by atoms with Crippen LogP contribution in [0.1, 0.15) is 39.5 Å². The molecule has 0 aromatic rings. The average Bonchev–Trinajstić information content (AvgIpc) is 2.52. The third kappa shape index (κ3) is 3.28. The van der Waals surface area contributed by atoms with E-state index in [1.807, 2.05) is 0 Å². The lowest BCUT2D eigenvalue weighted by Gasteiger charge is -2.25. The van der Waals surface area contributed by atoms with Crippen molar-refractivity contribution in [2.45, 2.75) is 45.6 Å². The van der Waals surface area contributed by atoms with Gasteiger partial charge in [-0.1, -0.05) is 20.3 Å². The van der Waals surface area contributed by atoms with E-state index in [9.17, 15) is 0 Å². The van der Waals surface area contributed by atoms with E-state index in [0.29, 0.717) is 12.6 Å². The van der Waals surface area contributed by atoms with Crippen LogP contribution >= 0.6 is 0 Å². The minimum atomic E-state index is 0.346. The van der Waals surface area contributed by atoms with Gasteiger partial charge in [0.1, 0.15) is 0 Å². The number of likely N-dealkylation sites (tertiary alicyclic amines) is 1. The summed E-state index contributed by atoms with van der Waals surface area (Å²) in [5, 5.41) is 9.14. The Bertz CT molecular complexity index is 138. The van der Waals surface area contributed by atoms with E-state index in [1.54, 1.807) is 0 Å². The number of hydrogen-bond acceptors (Lipinski definition) is 2. The van der Waals surface area contributed by atoms with E-state index in [1.165, 1.54) is 38.8 Å². The first kappa shape index (κ1) is 11.0. The van der Waals surface area contributed by atoms with Crippen molar-refractivity contribution in [3.05, 3.63) is 0 Å². The van der Waals surface area contributed by atoms with Gasteiger partial charge in [-0.2, -0.15) is 0 Å². The monoisotopic (exact) mass is 185 g/mol. The van der Waals surface area contributed by atoms with Crippen LogP contribution in [0.4, 0.5) is 0 Å². The summed E-state index contributed by atoms with van der Waals surface area (Å²) < 4.78 is 0. The van der Waals surface area contributed by atoms with Crippen molar-refractivity contribution < 1.29 is 5.11 Å². The lowest BCUT2D eigenvalue weighted by atomic mass is 10.1. The Hall–Kier alpha value is -0.0800. The number of aliphatic hydroxyl groups is 1. The second kappa shape index (κ2) is 5.61. The molecule has 0 amide bonds. The predicted molar refractivity (Wildman–Crippen MR) is 55.8 cm³/mol. The summed E-state index contributed by atoms with van der Waals surface area (Å²) in [6.45, 7) is 7.28. The smallest absolute Gasteiger partial charge is 0.0586 e. The first-order valence-corrected chi connectivity index (χ1v) is 5.62. The van der Waals surface area contributed by atoms with Crippen LogP contribution in [-0.4, -0.2) is 35.7 Å². The first-order valence-electron chi connectivity index (χ1n) is 5.62. The van der Waals surface area contributed by atoms with Crippen molar-refractivity contribution in [1.82, 2.24) is 4.90 Å². The molecule has 0 aromatic carbocycles. The van der Waals surface area contributed by atoms with Crippen molar-refractivity contribution in [3.8, 4) is 0 Å². The minimum Gasteiger partial charge on any atom is -0.395 e. The molecule has 1 aliphatic heterocycles. The molecule has 2 nitrogen and oxygen atoms in total. The Morgan fingerprint density at radius 2 is 2.31 bits per heavy atom. The van der Waals surface area contributed by atoms with Crippen LogP contribution in [0, 0.1) is 5.92 Å². The maximum absolute atomic E-state index is 9.14. The number of aliphatic hydroxyl groups excluding tert-OH is 1. The Balaban J connectivity index is 2.26. The molecule has 0 aliphatic carbocycles. The van der Waals surface area contributed by atoms with Crippen molar-refractivity contribution in [2.24, 2.45) is 5.92 Å². The number of rotatable bonds is 5. The Labute approximate surface area is 81.9 Å². The van der Waals surface area contributed by atoms with Gasteiger partial charge in [0, 0.05) is 12.6 Å². The van der Waals surface area contributed by atoms with Crippen LogP contribution in [0.5, 0.6) is 0 Å². The fraction of sp³-hybridized carbons (Fsp3) is 1.00. The standard InChI is InChI=1S/C11H23NO/c1-3-5-10(2)8-12-7-4-6-11(12)9-13/h10-11,13H,3-9H2,1-2H3/t10?,11-/m1/s1. The molecule has 2 heteroatoms. The quantitative estimate of drug-likeness (QED) is 0.707. The summed E-state index contributed by atoms with van der Waals surface area (Å²) in [6, 6.07) is 0.458. The predicted octanol–water partition coefficient (Wildman–Crippen LogP) is 1.88. The molecule has 13 heavy (non-hydrogen) atoms. The van der Waals surface area contributed by atoms with Crippen LogP contribution in [0.2, 0.25) is 0 Å². The first-order chi connectivity index (χ1) is 6.27. The molecule has 1 rings (SSSR count). The van der Waals surface area contributed by atoms with E-state index >= 15 is 0 Å². The highest BCUT2D eigenvalue weighted by Gasteiger charge is 2.24. The molecule has 0 spiro atoms. The third-order valence-corrected chi connectivity index (χ3v) is 3.04. The normalized spacial score (nSPS) is 26.5. The highest BCUT2D eigenvalue weighted by molar-refractivity contribution is 4.79. The van der Waals surface area contributed by atoms with Crippen LogP contribution in [0.25, 0.3) is 0 Å². The van der Waals surface area contributed by atoms with E-state index in [4.69, 9.17) is 5.11 Å². The lowest BCUT2D eigenvalue weighted by molar-refractivity contribution is 0.143. The minimum absolute atomic E-state index is 0.346. The van der Waals surface area contributed by atoms with Crippen molar-refractivity contribution in [3.63, 3.8) is 0 Å². The largest absolute Gasteiger partial charge is 0.395 e. The van der Waals surface area contributed by atoms with Crippen LogP contribution in [-0.2, 0) is 0 Å². The van der Waals surface area contributed by atoms with Gasteiger partial charge in [-0.05, 0) is 31.7 Å². The fourth-order valence-corrected chi connectivity index (χ4v) is 2.33. The zero-order chi connectivity index (χ0) is 9.68. The zero-order valence-electron chi connectivity index (χ0n) is 9.00. The molecule has 1 heterocycles. The van der Waals surface area contributed by atoms with Crippen LogP contribution in [0.15, 0.2) is 0 Å². The molecule has 0 radical (unpaired) electrons. The van der Waals surface area contributed by atoms with Gasteiger partial charge in [-0.15, -0.1) is 0 Å². The number of hydrogen-bond donors (Lipinski definition) is 1.